The SMILES string of the molecule is Cc1nc(Oc2ccc(OC(F)(F)F)cc2)ccc1CN. The molecule has 2 rings (SSSR count). The Morgan fingerprint density at radius 3 is 2.19 bits per heavy atom. The number of benzene rings is 1. The van der Waals surface area contributed by atoms with Gasteiger partial charge in [-0.25, -0.2) is 4.98 Å². The number of hydrogen-bond donors (Lipinski definition) is 1. The van der Waals surface area contributed by atoms with Gasteiger partial charge in [-0.1, -0.05) is 6.07 Å². The van der Waals surface area contributed by atoms with Crippen molar-refractivity contribution in [1.29, 1.82) is 0 Å². The number of nitrogens with two attached hydrogens (primary N) is 1. The first-order chi connectivity index (χ1) is 9.87. The van der Waals surface area contributed by atoms with Gasteiger partial charge in [-0.15, -0.1) is 13.2 Å². The lowest BCUT2D eigenvalue weighted by molar-refractivity contribution is -0.274. The molecule has 0 saturated carbocycles. The highest BCUT2D eigenvalue weighted by Crippen LogP contribution is 2.27. The highest BCUT2D eigenvalue weighted by molar-refractivity contribution is 5.34. The standard InChI is InChI=1S/C14H13F3N2O2/c1-9-10(8-18)2-7-13(19-9)20-11-3-5-12(6-4-11)21-14(15,16)17/h2-7H,8,18H2,1H3. The molecule has 0 saturated heterocycles. The van der Waals surface area contributed by atoms with Gasteiger partial charge in [-0.05, 0) is 36.8 Å². The summed E-state index contributed by atoms with van der Waals surface area (Å²) in [6, 6.07) is 8.52. The highest BCUT2D eigenvalue weighted by atomic mass is 19.4. The van der Waals surface area contributed by atoms with Crippen LogP contribution in [0.25, 0.3) is 0 Å². The second-order valence-corrected chi connectivity index (χ2v) is 4.22. The van der Waals surface area contributed by atoms with E-state index in [1.807, 2.05) is 0 Å². The van der Waals surface area contributed by atoms with Gasteiger partial charge in [-0.3, -0.25) is 0 Å². The summed E-state index contributed by atoms with van der Waals surface area (Å²) in [6.45, 7) is 2.18. The van der Waals surface area contributed by atoms with Crippen LogP contribution in [0.3, 0.4) is 0 Å². The number of aryl methyl sites for hydroxylation is 1. The maximum Gasteiger partial charge on any atom is 0.573 e. The maximum absolute atomic E-state index is 12.0. The maximum atomic E-state index is 12.0. The molecule has 1 aromatic heterocycles. The van der Waals surface area contributed by atoms with Crippen LogP contribution >= 0.6 is 0 Å². The second-order valence-electron chi connectivity index (χ2n) is 4.22. The third-order valence-corrected chi connectivity index (χ3v) is 2.67. The van der Waals surface area contributed by atoms with Crippen LogP contribution in [0.1, 0.15) is 11.3 Å². The van der Waals surface area contributed by atoms with Gasteiger partial charge >= 0.3 is 6.36 Å². The van der Waals surface area contributed by atoms with Crippen LogP contribution in [-0.2, 0) is 6.54 Å². The number of hydrogen-bond acceptors (Lipinski definition) is 4. The van der Waals surface area contributed by atoms with E-state index >= 15 is 0 Å². The lowest BCUT2D eigenvalue weighted by Gasteiger charge is -2.10. The quantitative estimate of drug-likeness (QED) is 0.938. The molecule has 21 heavy (non-hydrogen) atoms. The van der Waals surface area contributed by atoms with E-state index in [2.05, 4.69) is 9.72 Å². The molecular formula is C14H13F3N2O2. The van der Waals surface area contributed by atoms with Gasteiger partial charge in [0.2, 0.25) is 5.88 Å². The Hall–Kier alpha value is -2.28. The zero-order valence-corrected chi connectivity index (χ0v) is 11.1. The largest absolute Gasteiger partial charge is 0.573 e. The molecule has 2 N–H and O–H groups in total. The topological polar surface area (TPSA) is 57.4 Å². The van der Waals surface area contributed by atoms with E-state index in [-0.39, 0.29) is 5.75 Å². The number of halogens is 3. The number of ether oxygens (including phenoxy) is 2. The minimum absolute atomic E-state index is 0.308. The minimum atomic E-state index is -4.71. The Bertz CT molecular complexity index is 613. The third kappa shape index (κ3) is 4.35. The molecule has 1 aromatic carbocycles. The Morgan fingerprint density at radius 2 is 1.67 bits per heavy atom. The first kappa shape index (κ1) is 15.1. The first-order valence-electron chi connectivity index (χ1n) is 6.07. The predicted octanol–water partition coefficient (Wildman–Crippen LogP) is 3.54. The summed E-state index contributed by atoms with van der Waals surface area (Å²) in [4.78, 5) is 4.21. The van der Waals surface area contributed by atoms with Crippen LogP contribution < -0.4 is 15.2 Å². The van der Waals surface area contributed by atoms with E-state index in [1.54, 1.807) is 19.1 Å². The van der Waals surface area contributed by atoms with Crippen molar-refractivity contribution in [3.8, 4) is 17.4 Å². The zero-order chi connectivity index (χ0) is 15.5. The Labute approximate surface area is 119 Å². The Morgan fingerprint density at radius 1 is 1.05 bits per heavy atom. The van der Waals surface area contributed by atoms with Crippen molar-refractivity contribution in [3.05, 3.63) is 47.7 Å². The van der Waals surface area contributed by atoms with Crippen LogP contribution in [0, 0.1) is 6.92 Å². The summed E-state index contributed by atoms with van der Waals surface area (Å²) >= 11 is 0. The highest BCUT2D eigenvalue weighted by Gasteiger charge is 2.30. The molecular weight excluding hydrogens is 285 g/mol. The summed E-state index contributed by atoms with van der Waals surface area (Å²) in [5.41, 5.74) is 7.18. The van der Waals surface area contributed by atoms with Gasteiger partial charge in [0.25, 0.3) is 0 Å². The molecule has 0 spiro atoms. The molecule has 0 atom stereocenters. The van der Waals surface area contributed by atoms with Crippen molar-refractivity contribution in [2.75, 3.05) is 0 Å². The fourth-order valence-electron chi connectivity index (χ4n) is 1.67. The van der Waals surface area contributed by atoms with Gasteiger partial charge < -0.3 is 15.2 Å². The fraction of sp³-hybridized carbons (Fsp3) is 0.214. The Kier molecular flexibility index (Phi) is 4.32. The molecule has 7 heteroatoms. The zero-order valence-electron chi connectivity index (χ0n) is 11.1. The average Bonchev–Trinajstić information content (AvgIpc) is 2.40. The van der Waals surface area contributed by atoms with Crippen LogP contribution in [0.2, 0.25) is 0 Å². The monoisotopic (exact) mass is 298 g/mol. The molecule has 0 aliphatic rings. The van der Waals surface area contributed by atoms with Gasteiger partial charge in [0.15, 0.2) is 0 Å². The summed E-state index contributed by atoms with van der Waals surface area (Å²) in [5.74, 6) is 0.392. The molecule has 0 unspecified atom stereocenters. The van der Waals surface area contributed by atoms with Crippen molar-refractivity contribution in [2.45, 2.75) is 19.8 Å². The molecule has 4 nitrogen and oxygen atoms in total. The normalized spacial score (nSPS) is 11.3. The molecule has 0 fully saturated rings. The van der Waals surface area contributed by atoms with Gasteiger partial charge in [0, 0.05) is 18.3 Å². The van der Waals surface area contributed by atoms with Crippen LogP contribution in [-0.4, -0.2) is 11.3 Å². The van der Waals surface area contributed by atoms with Crippen molar-refractivity contribution < 1.29 is 22.6 Å². The molecule has 0 radical (unpaired) electrons. The van der Waals surface area contributed by atoms with Gasteiger partial charge in [0.1, 0.15) is 11.5 Å². The van der Waals surface area contributed by atoms with Crippen LogP contribution in [0.4, 0.5) is 13.2 Å². The van der Waals surface area contributed by atoms with Gasteiger partial charge in [-0.2, -0.15) is 0 Å². The second kappa shape index (κ2) is 6.01. The van der Waals surface area contributed by atoms with Gasteiger partial charge in [0.05, 0.1) is 0 Å². The molecule has 0 aliphatic carbocycles. The minimum Gasteiger partial charge on any atom is -0.439 e. The van der Waals surface area contributed by atoms with E-state index in [9.17, 15) is 13.2 Å². The van der Waals surface area contributed by atoms with Crippen molar-refractivity contribution >= 4 is 0 Å². The smallest absolute Gasteiger partial charge is 0.439 e. The fourth-order valence-corrected chi connectivity index (χ4v) is 1.67. The number of nitrogens with zero attached hydrogens (tertiary/aromatic N) is 1. The molecule has 2 aromatic rings. The van der Waals surface area contributed by atoms with E-state index in [4.69, 9.17) is 10.5 Å². The number of pyridine rings is 1. The van der Waals surface area contributed by atoms with E-state index in [0.29, 0.717) is 18.2 Å². The third-order valence-electron chi connectivity index (χ3n) is 2.67. The predicted molar refractivity (Wildman–Crippen MR) is 70.1 cm³/mol. The molecule has 112 valence electrons. The molecule has 0 amide bonds. The number of rotatable bonds is 4. The lowest BCUT2D eigenvalue weighted by atomic mass is 10.2. The van der Waals surface area contributed by atoms with Crippen molar-refractivity contribution in [3.63, 3.8) is 0 Å². The van der Waals surface area contributed by atoms with E-state index < -0.39 is 6.36 Å². The average molecular weight is 298 g/mol. The first-order valence-corrected chi connectivity index (χ1v) is 6.07. The number of alkyl halides is 3. The number of aromatic nitrogens is 1. The Balaban J connectivity index is 2.08. The summed E-state index contributed by atoms with van der Waals surface area (Å²) < 4.78 is 45.3. The summed E-state index contributed by atoms with van der Waals surface area (Å²) in [6.07, 6.45) is -4.71. The van der Waals surface area contributed by atoms with Crippen LogP contribution in [0.5, 0.6) is 17.4 Å². The van der Waals surface area contributed by atoms with E-state index in [1.165, 1.54) is 24.3 Å². The van der Waals surface area contributed by atoms with Crippen molar-refractivity contribution in [2.24, 2.45) is 5.73 Å². The lowest BCUT2D eigenvalue weighted by Crippen LogP contribution is -2.16. The molecule has 0 aliphatic heterocycles. The van der Waals surface area contributed by atoms with Crippen molar-refractivity contribution in [1.82, 2.24) is 4.98 Å². The molecule has 1 heterocycles. The summed E-state index contributed by atoms with van der Waals surface area (Å²) in [5, 5.41) is 0. The van der Waals surface area contributed by atoms with Crippen LogP contribution in [0.15, 0.2) is 36.4 Å². The summed E-state index contributed by atoms with van der Waals surface area (Å²) in [7, 11) is 0. The molecule has 0 bridgehead atoms. The van der Waals surface area contributed by atoms with E-state index in [0.717, 1.165) is 11.3 Å².